The lowest BCUT2D eigenvalue weighted by Gasteiger charge is -2.29. The molecule has 3 aliphatic rings. The third kappa shape index (κ3) is 3.24. The van der Waals surface area contributed by atoms with E-state index in [0.29, 0.717) is 19.4 Å². The van der Waals surface area contributed by atoms with Crippen molar-refractivity contribution in [1.82, 2.24) is 10.2 Å². The Kier molecular flexibility index (Phi) is 5.30. The summed E-state index contributed by atoms with van der Waals surface area (Å²) in [6.07, 6.45) is 1.14. The molecule has 6 nitrogen and oxygen atoms in total. The minimum Gasteiger partial charge on any atom is -0.324 e. The van der Waals surface area contributed by atoms with Gasteiger partial charge in [0.25, 0.3) is 0 Å². The minimum atomic E-state index is -1.26. The Labute approximate surface area is 210 Å². The van der Waals surface area contributed by atoms with Crippen LogP contribution in [0.2, 0.25) is 0 Å². The zero-order chi connectivity index (χ0) is 25.0. The molecular weight excluding hydrogens is 450 g/mol. The quantitative estimate of drug-likeness (QED) is 0.549. The van der Waals surface area contributed by atoms with Gasteiger partial charge in [0.05, 0.1) is 11.8 Å². The molecule has 0 unspecified atom stereocenters. The molecule has 6 rings (SSSR count). The fourth-order valence-corrected chi connectivity index (χ4v) is 6.33. The fraction of sp³-hybridized carbons (Fsp3) is 0.300. The smallest absolute Gasteiger partial charge is 0.250 e. The maximum Gasteiger partial charge on any atom is 0.250 e. The molecule has 3 heterocycles. The van der Waals surface area contributed by atoms with Gasteiger partial charge < -0.3 is 5.32 Å². The van der Waals surface area contributed by atoms with Crippen LogP contribution in [0.15, 0.2) is 72.8 Å². The molecule has 0 aromatic heterocycles. The normalized spacial score (nSPS) is 26.4. The molecule has 0 bridgehead atoms. The second kappa shape index (κ2) is 8.42. The number of fused-ring (bicyclic) bond motifs is 4. The van der Waals surface area contributed by atoms with Gasteiger partial charge in [-0.15, -0.1) is 0 Å². The van der Waals surface area contributed by atoms with Crippen molar-refractivity contribution >= 4 is 23.4 Å². The van der Waals surface area contributed by atoms with Gasteiger partial charge in [0.2, 0.25) is 17.7 Å². The van der Waals surface area contributed by atoms with Crippen LogP contribution in [0, 0.1) is 25.7 Å². The van der Waals surface area contributed by atoms with Crippen LogP contribution >= 0.6 is 0 Å². The maximum absolute atomic E-state index is 14.0. The lowest BCUT2D eigenvalue weighted by molar-refractivity contribution is -0.142. The average molecular weight is 480 g/mol. The maximum atomic E-state index is 14.0. The van der Waals surface area contributed by atoms with Gasteiger partial charge in [-0.1, -0.05) is 72.8 Å². The predicted octanol–water partition coefficient (Wildman–Crippen LogP) is 3.51. The molecule has 36 heavy (non-hydrogen) atoms. The summed E-state index contributed by atoms with van der Waals surface area (Å²) in [6.45, 7) is 4.30. The lowest BCUT2D eigenvalue weighted by Crippen LogP contribution is -2.53. The van der Waals surface area contributed by atoms with Crippen LogP contribution in [0.25, 0.3) is 0 Å². The molecule has 2 saturated heterocycles. The molecule has 2 N–H and O–H groups in total. The Morgan fingerprint density at radius 1 is 0.833 bits per heavy atom. The van der Waals surface area contributed by atoms with Gasteiger partial charge in [-0.2, -0.15) is 0 Å². The first-order chi connectivity index (χ1) is 17.4. The molecule has 0 saturated carbocycles. The van der Waals surface area contributed by atoms with E-state index in [0.717, 1.165) is 33.5 Å². The van der Waals surface area contributed by atoms with Crippen LogP contribution in [-0.2, 0) is 32.8 Å². The van der Waals surface area contributed by atoms with E-state index in [4.69, 9.17) is 0 Å². The standard InChI is InChI=1S/C30H29N3O3/c1-18-13-14-22-26(19(18)2)31-29(36)30(22)25-24(23(32-30)17-21-11-7-4-8-12-21)27(34)33(28(25)35)16-15-20-9-5-3-6-10-20/h3-14,23-25,32H,15-17H2,1-2H3,(H,31,36)/t23-,24+,25-,30+/m0/s1. The largest absolute Gasteiger partial charge is 0.324 e. The van der Waals surface area contributed by atoms with Gasteiger partial charge in [-0.05, 0) is 48.9 Å². The summed E-state index contributed by atoms with van der Waals surface area (Å²) in [5, 5.41) is 6.61. The number of carbonyl (C=O) groups excluding carboxylic acids is 3. The van der Waals surface area contributed by atoms with Crippen molar-refractivity contribution in [2.24, 2.45) is 11.8 Å². The molecular formula is C30H29N3O3. The highest BCUT2D eigenvalue weighted by atomic mass is 16.2. The fourth-order valence-electron chi connectivity index (χ4n) is 6.33. The van der Waals surface area contributed by atoms with Crippen LogP contribution < -0.4 is 10.6 Å². The number of rotatable bonds is 5. The topological polar surface area (TPSA) is 78.5 Å². The second-order valence-corrected chi connectivity index (χ2v) is 10.2. The van der Waals surface area contributed by atoms with E-state index in [-0.39, 0.29) is 23.8 Å². The number of anilines is 1. The molecule has 4 atom stereocenters. The molecule has 0 aliphatic carbocycles. The number of nitrogens with zero attached hydrogens (tertiary/aromatic N) is 1. The number of amides is 3. The van der Waals surface area contributed by atoms with Crippen molar-refractivity contribution in [2.45, 2.75) is 38.3 Å². The van der Waals surface area contributed by atoms with Crippen LogP contribution in [0.5, 0.6) is 0 Å². The van der Waals surface area contributed by atoms with E-state index in [1.807, 2.05) is 86.6 Å². The van der Waals surface area contributed by atoms with Crippen molar-refractivity contribution in [3.05, 3.63) is 101 Å². The van der Waals surface area contributed by atoms with Gasteiger partial charge in [0.15, 0.2) is 0 Å². The van der Waals surface area contributed by atoms with E-state index < -0.39 is 17.4 Å². The molecule has 3 amide bonds. The number of imide groups is 1. The third-order valence-electron chi connectivity index (χ3n) is 8.28. The van der Waals surface area contributed by atoms with E-state index in [9.17, 15) is 14.4 Å². The number of hydrogen-bond acceptors (Lipinski definition) is 4. The third-order valence-corrected chi connectivity index (χ3v) is 8.28. The van der Waals surface area contributed by atoms with E-state index >= 15 is 0 Å². The Morgan fingerprint density at radius 3 is 2.19 bits per heavy atom. The summed E-state index contributed by atoms with van der Waals surface area (Å²) >= 11 is 0. The molecule has 3 aromatic carbocycles. The zero-order valence-electron chi connectivity index (χ0n) is 20.5. The minimum absolute atomic E-state index is 0.184. The molecule has 6 heteroatoms. The van der Waals surface area contributed by atoms with Crippen LogP contribution in [0.1, 0.15) is 27.8 Å². The summed E-state index contributed by atoms with van der Waals surface area (Å²) in [4.78, 5) is 42.9. The first-order valence-corrected chi connectivity index (χ1v) is 12.5. The van der Waals surface area contributed by atoms with Crippen molar-refractivity contribution in [3.8, 4) is 0 Å². The molecule has 3 aromatic rings. The SMILES string of the molecule is Cc1ccc2c(c1C)NC(=O)[C@@]21N[C@@H](Cc2ccccc2)[C@H]2C(=O)N(CCc3ccccc3)C(=O)[C@H]21. The van der Waals surface area contributed by atoms with Gasteiger partial charge >= 0.3 is 0 Å². The number of carbonyl (C=O) groups is 3. The van der Waals surface area contributed by atoms with Crippen LogP contribution in [0.4, 0.5) is 5.69 Å². The van der Waals surface area contributed by atoms with Crippen molar-refractivity contribution < 1.29 is 14.4 Å². The first kappa shape index (κ1) is 22.7. The van der Waals surface area contributed by atoms with Crippen molar-refractivity contribution in [1.29, 1.82) is 0 Å². The number of aryl methyl sites for hydroxylation is 1. The number of hydrogen-bond donors (Lipinski definition) is 2. The van der Waals surface area contributed by atoms with E-state index in [1.165, 1.54) is 4.90 Å². The van der Waals surface area contributed by atoms with E-state index in [2.05, 4.69) is 10.6 Å². The summed E-state index contributed by atoms with van der Waals surface area (Å²) < 4.78 is 0. The van der Waals surface area contributed by atoms with E-state index in [1.54, 1.807) is 0 Å². The number of nitrogens with one attached hydrogen (secondary N) is 2. The second-order valence-electron chi connectivity index (χ2n) is 10.2. The highest BCUT2D eigenvalue weighted by Gasteiger charge is 2.70. The predicted molar refractivity (Wildman–Crippen MR) is 137 cm³/mol. The van der Waals surface area contributed by atoms with Gasteiger partial charge in [0, 0.05) is 23.8 Å². The molecule has 2 fully saturated rings. The molecule has 1 spiro atoms. The summed E-state index contributed by atoms with van der Waals surface area (Å²) in [7, 11) is 0. The zero-order valence-corrected chi connectivity index (χ0v) is 20.5. The van der Waals surface area contributed by atoms with Crippen molar-refractivity contribution in [2.75, 3.05) is 11.9 Å². The Morgan fingerprint density at radius 2 is 1.50 bits per heavy atom. The summed E-state index contributed by atoms with van der Waals surface area (Å²) in [5.41, 5.74) is 4.46. The summed E-state index contributed by atoms with van der Waals surface area (Å²) in [5.74, 6) is -2.08. The number of likely N-dealkylation sites (tertiary alicyclic amines) is 1. The Hall–Kier alpha value is -3.77. The lowest BCUT2D eigenvalue weighted by atomic mass is 9.75. The van der Waals surface area contributed by atoms with Crippen molar-refractivity contribution in [3.63, 3.8) is 0 Å². The van der Waals surface area contributed by atoms with Gasteiger partial charge in [0.1, 0.15) is 5.54 Å². The Balaban J connectivity index is 1.42. The molecule has 182 valence electrons. The highest BCUT2D eigenvalue weighted by Crippen LogP contribution is 2.54. The van der Waals surface area contributed by atoms with Crippen LogP contribution in [-0.4, -0.2) is 35.2 Å². The monoisotopic (exact) mass is 479 g/mol. The number of benzene rings is 3. The summed E-state index contributed by atoms with van der Waals surface area (Å²) in [6, 6.07) is 23.4. The molecule has 0 radical (unpaired) electrons. The average Bonchev–Trinajstić information content (AvgIpc) is 3.46. The molecule has 3 aliphatic heterocycles. The highest BCUT2D eigenvalue weighted by molar-refractivity contribution is 6.15. The van der Waals surface area contributed by atoms with Gasteiger partial charge in [-0.25, -0.2) is 0 Å². The first-order valence-electron chi connectivity index (χ1n) is 12.5. The van der Waals surface area contributed by atoms with Gasteiger partial charge in [-0.3, -0.25) is 24.6 Å². The Bertz CT molecular complexity index is 1370. The van der Waals surface area contributed by atoms with Crippen LogP contribution in [0.3, 0.4) is 0 Å².